The molecular formula is C28H23ClN2O2S. The summed E-state index contributed by atoms with van der Waals surface area (Å²) >= 11 is 7.86. The molecule has 6 heteroatoms. The summed E-state index contributed by atoms with van der Waals surface area (Å²) in [7, 11) is 0. The molecule has 0 aliphatic carbocycles. The van der Waals surface area contributed by atoms with Crippen molar-refractivity contribution in [2.24, 2.45) is 0 Å². The lowest BCUT2D eigenvalue weighted by atomic mass is 10.0. The molecule has 0 saturated carbocycles. The minimum absolute atomic E-state index is 0.0699. The van der Waals surface area contributed by atoms with Crippen LogP contribution in [0.1, 0.15) is 37.5 Å². The number of carbonyl (C=O) groups is 2. The monoisotopic (exact) mass is 486 g/mol. The maximum absolute atomic E-state index is 13.6. The summed E-state index contributed by atoms with van der Waals surface area (Å²) in [6.45, 7) is 2.50. The fourth-order valence-corrected chi connectivity index (χ4v) is 5.37. The van der Waals surface area contributed by atoms with E-state index in [1.165, 1.54) is 5.56 Å². The number of hydrogen-bond acceptors (Lipinski definition) is 3. The molecule has 1 aromatic heterocycles. The van der Waals surface area contributed by atoms with Crippen molar-refractivity contribution >= 4 is 46.1 Å². The molecule has 1 aliphatic heterocycles. The molecule has 0 spiro atoms. The summed E-state index contributed by atoms with van der Waals surface area (Å²) in [6.07, 6.45) is 1.07. The molecule has 0 unspecified atom stereocenters. The first-order chi connectivity index (χ1) is 16.5. The molecule has 2 heterocycles. The molecule has 1 aliphatic rings. The first kappa shape index (κ1) is 22.4. The first-order valence-corrected chi connectivity index (χ1v) is 12.3. The van der Waals surface area contributed by atoms with Gasteiger partial charge >= 0.3 is 0 Å². The Labute approximate surface area is 207 Å². The van der Waals surface area contributed by atoms with Crippen molar-refractivity contribution in [2.75, 3.05) is 10.2 Å². The summed E-state index contributed by atoms with van der Waals surface area (Å²) in [5, 5.41) is 5.57. The summed E-state index contributed by atoms with van der Waals surface area (Å²) in [4.78, 5) is 28.9. The SMILES string of the molecule is Cc1ccsc1CC(=O)Nc1ccc(C(=O)N2Cc3ccccc3Cc3cc(Cl)ccc32)cc1. The van der Waals surface area contributed by atoms with Gasteiger partial charge in [0.25, 0.3) is 5.91 Å². The van der Waals surface area contributed by atoms with Gasteiger partial charge in [-0.15, -0.1) is 11.3 Å². The zero-order chi connectivity index (χ0) is 23.7. The average Bonchev–Trinajstić information content (AvgIpc) is 3.15. The van der Waals surface area contributed by atoms with Gasteiger partial charge in [-0.25, -0.2) is 0 Å². The Bertz CT molecular complexity index is 1380. The van der Waals surface area contributed by atoms with E-state index in [0.29, 0.717) is 29.2 Å². The molecule has 0 radical (unpaired) electrons. The zero-order valence-electron chi connectivity index (χ0n) is 18.7. The number of carbonyl (C=O) groups excluding carboxylic acids is 2. The van der Waals surface area contributed by atoms with Crippen LogP contribution in [-0.4, -0.2) is 11.8 Å². The van der Waals surface area contributed by atoms with Crippen LogP contribution in [0.15, 0.2) is 78.2 Å². The second-order valence-electron chi connectivity index (χ2n) is 8.44. The molecule has 5 rings (SSSR count). The zero-order valence-corrected chi connectivity index (χ0v) is 20.2. The lowest BCUT2D eigenvalue weighted by Crippen LogP contribution is -2.30. The highest BCUT2D eigenvalue weighted by Gasteiger charge is 2.25. The van der Waals surface area contributed by atoms with Crippen molar-refractivity contribution in [2.45, 2.75) is 26.3 Å². The van der Waals surface area contributed by atoms with E-state index < -0.39 is 0 Å². The Morgan fingerprint density at radius 3 is 2.47 bits per heavy atom. The van der Waals surface area contributed by atoms with Crippen LogP contribution in [0.2, 0.25) is 5.02 Å². The molecule has 4 nitrogen and oxygen atoms in total. The number of fused-ring (bicyclic) bond motifs is 2. The number of thiophene rings is 1. The van der Waals surface area contributed by atoms with Gasteiger partial charge in [0, 0.05) is 26.8 Å². The molecule has 1 N–H and O–H groups in total. The summed E-state index contributed by atoms with van der Waals surface area (Å²) < 4.78 is 0. The van der Waals surface area contributed by atoms with E-state index in [1.807, 2.05) is 53.6 Å². The predicted molar refractivity (Wildman–Crippen MR) is 139 cm³/mol. The van der Waals surface area contributed by atoms with Crippen LogP contribution < -0.4 is 10.2 Å². The third-order valence-electron chi connectivity index (χ3n) is 6.11. The van der Waals surface area contributed by atoms with Crippen molar-refractivity contribution in [3.05, 3.63) is 116 Å². The van der Waals surface area contributed by atoms with E-state index in [9.17, 15) is 9.59 Å². The van der Waals surface area contributed by atoms with Crippen molar-refractivity contribution in [1.29, 1.82) is 0 Å². The van der Waals surface area contributed by atoms with Crippen LogP contribution in [0.4, 0.5) is 11.4 Å². The van der Waals surface area contributed by atoms with Gasteiger partial charge in [0.15, 0.2) is 0 Å². The number of benzene rings is 3. The molecule has 0 fully saturated rings. The van der Waals surface area contributed by atoms with Crippen molar-refractivity contribution < 1.29 is 9.59 Å². The second kappa shape index (κ2) is 9.45. The van der Waals surface area contributed by atoms with Crippen LogP contribution in [0.3, 0.4) is 0 Å². The quantitative estimate of drug-likeness (QED) is 0.351. The largest absolute Gasteiger partial charge is 0.326 e. The molecule has 0 atom stereocenters. The van der Waals surface area contributed by atoms with E-state index in [1.54, 1.807) is 35.6 Å². The second-order valence-corrected chi connectivity index (χ2v) is 9.88. The Hall–Kier alpha value is -3.41. The highest BCUT2D eigenvalue weighted by Crippen LogP contribution is 2.33. The Kier molecular flexibility index (Phi) is 6.22. The topological polar surface area (TPSA) is 49.4 Å². The fraction of sp³-hybridized carbons (Fsp3) is 0.143. The van der Waals surface area contributed by atoms with Gasteiger partial charge in [-0.1, -0.05) is 35.9 Å². The van der Waals surface area contributed by atoms with Crippen LogP contribution in [0, 0.1) is 6.92 Å². The number of anilines is 2. The maximum atomic E-state index is 13.6. The molecule has 170 valence electrons. The molecule has 4 aromatic rings. The first-order valence-electron chi connectivity index (χ1n) is 11.1. The number of nitrogens with zero attached hydrogens (tertiary/aromatic N) is 1. The lowest BCUT2D eigenvalue weighted by molar-refractivity contribution is -0.115. The minimum Gasteiger partial charge on any atom is -0.326 e. The van der Waals surface area contributed by atoms with Gasteiger partial charge in [-0.05, 0) is 89.5 Å². The van der Waals surface area contributed by atoms with Gasteiger partial charge in [-0.3, -0.25) is 9.59 Å². The van der Waals surface area contributed by atoms with Gasteiger partial charge in [0.05, 0.1) is 13.0 Å². The number of rotatable bonds is 4. The maximum Gasteiger partial charge on any atom is 0.258 e. The molecule has 3 aromatic carbocycles. The Morgan fingerprint density at radius 2 is 1.74 bits per heavy atom. The van der Waals surface area contributed by atoms with E-state index in [2.05, 4.69) is 17.4 Å². The third kappa shape index (κ3) is 4.63. The van der Waals surface area contributed by atoms with Crippen LogP contribution in [-0.2, 0) is 24.2 Å². The molecule has 0 bridgehead atoms. The van der Waals surface area contributed by atoms with Crippen molar-refractivity contribution in [3.8, 4) is 0 Å². The van der Waals surface area contributed by atoms with Crippen LogP contribution in [0.25, 0.3) is 0 Å². The number of amides is 2. The van der Waals surface area contributed by atoms with Crippen LogP contribution in [0.5, 0.6) is 0 Å². The standard InChI is InChI=1S/C28H23ClN2O2S/c1-18-12-13-34-26(18)16-27(32)30-24-9-6-19(7-10-24)28(33)31-17-21-5-3-2-4-20(21)14-22-15-23(29)8-11-25(22)31/h2-13,15H,14,16-17H2,1H3,(H,30,32). The number of nitrogens with one attached hydrogen (secondary N) is 1. The van der Waals surface area contributed by atoms with Gasteiger partial charge in [-0.2, -0.15) is 0 Å². The Balaban J connectivity index is 1.37. The number of hydrogen-bond donors (Lipinski definition) is 1. The van der Waals surface area contributed by atoms with Gasteiger partial charge in [0.2, 0.25) is 5.91 Å². The molecule has 0 saturated heterocycles. The highest BCUT2D eigenvalue weighted by atomic mass is 35.5. The summed E-state index contributed by atoms with van der Waals surface area (Å²) in [5.74, 6) is -0.160. The van der Waals surface area contributed by atoms with E-state index in [4.69, 9.17) is 11.6 Å². The fourth-order valence-electron chi connectivity index (χ4n) is 4.27. The smallest absolute Gasteiger partial charge is 0.258 e. The minimum atomic E-state index is -0.0904. The van der Waals surface area contributed by atoms with E-state index in [-0.39, 0.29) is 11.8 Å². The molecule has 34 heavy (non-hydrogen) atoms. The van der Waals surface area contributed by atoms with Crippen molar-refractivity contribution in [3.63, 3.8) is 0 Å². The Morgan fingerprint density at radius 1 is 0.971 bits per heavy atom. The summed E-state index contributed by atoms with van der Waals surface area (Å²) in [6, 6.07) is 23.0. The average molecular weight is 487 g/mol. The predicted octanol–water partition coefficient (Wildman–Crippen LogP) is 6.64. The third-order valence-corrected chi connectivity index (χ3v) is 7.37. The lowest BCUT2D eigenvalue weighted by Gasteiger charge is -2.24. The van der Waals surface area contributed by atoms with Crippen molar-refractivity contribution in [1.82, 2.24) is 0 Å². The highest BCUT2D eigenvalue weighted by molar-refractivity contribution is 7.10. The number of aryl methyl sites for hydroxylation is 1. The number of halogens is 1. The molecular weight excluding hydrogens is 464 g/mol. The normalized spacial score (nSPS) is 12.5. The van der Waals surface area contributed by atoms with Gasteiger partial charge < -0.3 is 10.2 Å². The van der Waals surface area contributed by atoms with Crippen LogP contribution >= 0.6 is 22.9 Å². The van der Waals surface area contributed by atoms with E-state index >= 15 is 0 Å². The van der Waals surface area contributed by atoms with E-state index in [0.717, 1.165) is 33.7 Å². The molecule has 2 amide bonds. The summed E-state index contributed by atoms with van der Waals surface area (Å²) in [5.41, 5.74) is 6.57. The van der Waals surface area contributed by atoms with Gasteiger partial charge in [0.1, 0.15) is 0 Å².